The first kappa shape index (κ1) is 13.5. The predicted octanol–water partition coefficient (Wildman–Crippen LogP) is 3.52. The second-order valence-electron chi connectivity index (χ2n) is 4.06. The smallest absolute Gasteiger partial charge is 0.253 e. The number of halogens is 2. The van der Waals surface area contributed by atoms with E-state index in [1.54, 1.807) is 6.07 Å². The van der Waals surface area contributed by atoms with E-state index in [2.05, 4.69) is 22.6 Å². The number of rotatable bonds is 2. The van der Waals surface area contributed by atoms with E-state index in [1.807, 2.05) is 35.8 Å². The van der Waals surface area contributed by atoms with Gasteiger partial charge in [0.05, 0.1) is 5.02 Å². The highest BCUT2D eigenvalue weighted by Gasteiger charge is 2.24. The Morgan fingerprint density at radius 2 is 2.35 bits per heavy atom. The van der Waals surface area contributed by atoms with Crippen LogP contribution in [0.1, 0.15) is 16.8 Å². The highest BCUT2D eigenvalue weighted by Crippen LogP contribution is 2.24. The van der Waals surface area contributed by atoms with Crippen molar-refractivity contribution in [1.82, 2.24) is 4.90 Å². The Kier molecular flexibility index (Phi) is 4.60. The van der Waals surface area contributed by atoms with E-state index in [1.165, 1.54) is 0 Å². The van der Waals surface area contributed by atoms with E-state index in [-0.39, 0.29) is 5.91 Å². The molecule has 1 aromatic carbocycles. The van der Waals surface area contributed by atoms with Crippen LogP contribution in [0.15, 0.2) is 18.2 Å². The summed E-state index contributed by atoms with van der Waals surface area (Å²) in [7, 11) is 1.88. The molecule has 92 valence electrons. The second kappa shape index (κ2) is 5.80. The first-order chi connectivity index (χ1) is 8.09. The van der Waals surface area contributed by atoms with Crippen LogP contribution in [0.3, 0.4) is 0 Å². The molecule has 1 aliphatic rings. The molecule has 1 heterocycles. The quantitative estimate of drug-likeness (QED) is 0.731. The SMILES string of the molecule is CN(C(=O)c1ccc(I)c(Cl)c1)C1CCSC1. The Morgan fingerprint density at radius 1 is 1.59 bits per heavy atom. The minimum absolute atomic E-state index is 0.0656. The van der Waals surface area contributed by atoms with Crippen LogP contribution in [0, 0.1) is 3.57 Å². The average molecular weight is 382 g/mol. The Bertz CT molecular complexity index is 435. The fourth-order valence-corrected chi connectivity index (χ4v) is 3.61. The van der Waals surface area contributed by atoms with Crippen molar-refractivity contribution < 1.29 is 4.79 Å². The molecule has 0 N–H and O–H groups in total. The molecule has 0 aliphatic carbocycles. The van der Waals surface area contributed by atoms with Crippen LogP contribution >= 0.6 is 46.0 Å². The van der Waals surface area contributed by atoms with Gasteiger partial charge in [0.25, 0.3) is 5.91 Å². The number of hydrogen-bond acceptors (Lipinski definition) is 2. The lowest BCUT2D eigenvalue weighted by molar-refractivity contribution is 0.0748. The maximum atomic E-state index is 12.3. The zero-order valence-electron chi connectivity index (χ0n) is 9.45. The molecule has 1 atom stereocenters. The van der Waals surface area contributed by atoms with E-state index < -0.39 is 0 Å². The van der Waals surface area contributed by atoms with Crippen LogP contribution in [0.25, 0.3) is 0 Å². The number of carbonyl (C=O) groups is 1. The minimum atomic E-state index is 0.0656. The van der Waals surface area contributed by atoms with Crippen molar-refractivity contribution >= 4 is 51.9 Å². The first-order valence-electron chi connectivity index (χ1n) is 5.39. The van der Waals surface area contributed by atoms with Crippen molar-refractivity contribution in [2.45, 2.75) is 12.5 Å². The molecule has 2 nitrogen and oxygen atoms in total. The zero-order valence-corrected chi connectivity index (χ0v) is 13.2. The van der Waals surface area contributed by atoms with Crippen molar-refractivity contribution in [2.75, 3.05) is 18.6 Å². The van der Waals surface area contributed by atoms with Gasteiger partial charge in [-0.05, 0) is 53.0 Å². The Hall–Kier alpha value is 0.0600. The molecule has 1 aromatic rings. The summed E-state index contributed by atoms with van der Waals surface area (Å²) >= 11 is 10.1. The number of hydrogen-bond donors (Lipinski definition) is 0. The zero-order chi connectivity index (χ0) is 12.4. The molecule has 1 amide bonds. The lowest BCUT2D eigenvalue weighted by Crippen LogP contribution is -2.36. The number of carbonyl (C=O) groups excluding carboxylic acids is 1. The lowest BCUT2D eigenvalue weighted by atomic mass is 10.1. The van der Waals surface area contributed by atoms with Crippen LogP contribution < -0.4 is 0 Å². The van der Waals surface area contributed by atoms with E-state index in [9.17, 15) is 4.79 Å². The molecule has 0 aromatic heterocycles. The van der Waals surface area contributed by atoms with Crippen molar-refractivity contribution in [2.24, 2.45) is 0 Å². The molecule has 1 unspecified atom stereocenters. The number of nitrogens with zero attached hydrogens (tertiary/aromatic N) is 1. The Labute approximate surface area is 124 Å². The summed E-state index contributed by atoms with van der Waals surface area (Å²) < 4.78 is 0.972. The van der Waals surface area contributed by atoms with Gasteiger partial charge in [-0.1, -0.05) is 11.6 Å². The third-order valence-corrected chi connectivity index (χ3v) is 5.66. The summed E-state index contributed by atoms with van der Waals surface area (Å²) in [5.74, 6) is 2.26. The molecule has 1 fully saturated rings. The molecule has 2 rings (SSSR count). The van der Waals surface area contributed by atoms with Gasteiger partial charge in [-0.15, -0.1) is 0 Å². The monoisotopic (exact) mass is 381 g/mol. The third-order valence-electron chi connectivity index (χ3n) is 2.94. The van der Waals surface area contributed by atoms with E-state index >= 15 is 0 Å². The largest absolute Gasteiger partial charge is 0.338 e. The summed E-state index contributed by atoms with van der Waals surface area (Å²) in [5, 5.41) is 0.644. The average Bonchev–Trinajstić information content (AvgIpc) is 2.84. The second-order valence-corrected chi connectivity index (χ2v) is 6.78. The van der Waals surface area contributed by atoms with Crippen LogP contribution in [0.4, 0.5) is 0 Å². The molecule has 0 radical (unpaired) electrons. The molecular formula is C12H13ClINOS. The Balaban J connectivity index is 2.15. The topological polar surface area (TPSA) is 20.3 Å². The van der Waals surface area contributed by atoms with Crippen LogP contribution in [0.5, 0.6) is 0 Å². The maximum absolute atomic E-state index is 12.3. The standard InChI is InChI=1S/C12H13ClINOS/c1-15(9-4-5-17-7-9)12(16)8-2-3-11(14)10(13)6-8/h2-3,6,9H,4-5,7H2,1H3. The third kappa shape index (κ3) is 3.09. The first-order valence-corrected chi connectivity index (χ1v) is 8.00. The van der Waals surface area contributed by atoms with Gasteiger partial charge in [-0.25, -0.2) is 0 Å². The van der Waals surface area contributed by atoms with Crippen molar-refractivity contribution in [1.29, 1.82) is 0 Å². The summed E-state index contributed by atoms with van der Waals surface area (Å²) in [6.45, 7) is 0. The predicted molar refractivity (Wildman–Crippen MR) is 82.0 cm³/mol. The molecule has 0 bridgehead atoms. The van der Waals surface area contributed by atoms with Crippen molar-refractivity contribution in [3.05, 3.63) is 32.4 Å². The van der Waals surface area contributed by atoms with E-state index in [0.29, 0.717) is 16.6 Å². The van der Waals surface area contributed by atoms with Gasteiger partial charge in [-0.2, -0.15) is 11.8 Å². The maximum Gasteiger partial charge on any atom is 0.253 e. The van der Waals surface area contributed by atoms with Crippen LogP contribution in [0.2, 0.25) is 5.02 Å². The number of amides is 1. The van der Waals surface area contributed by atoms with Gasteiger partial charge in [0.15, 0.2) is 0 Å². The fraction of sp³-hybridized carbons (Fsp3) is 0.417. The van der Waals surface area contributed by atoms with Gasteiger partial charge < -0.3 is 4.90 Å². The summed E-state index contributed by atoms with van der Waals surface area (Å²) in [4.78, 5) is 14.1. The van der Waals surface area contributed by atoms with Gasteiger partial charge in [0, 0.05) is 28.0 Å². The summed E-state index contributed by atoms with van der Waals surface area (Å²) in [6, 6.07) is 5.84. The van der Waals surface area contributed by atoms with Gasteiger partial charge in [0.2, 0.25) is 0 Å². The van der Waals surface area contributed by atoms with Gasteiger partial charge in [0.1, 0.15) is 0 Å². The summed E-state index contributed by atoms with van der Waals surface area (Å²) in [6.07, 6.45) is 1.09. The normalized spacial score (nSPS) is 19.4. The highest BCUT2D eigenvalue weighted by atomic mass is 127. The molecule has 0 saturated carbocycles. The molecule has 17 heavy (non-hydrogen) atoms. The number of thioether (sulfide) groups is 1. The van der Waals surface area contributed by atoms with Crippen molar-refractivity contribution in [3.63, 3.8) is 0 Å². The summed E-state index contributed by atoms with van der Waals surface area (Å²) in [5.41, 5.74) is 0.676. The van der Waals surface area contributed by atoms with Crippen LogP contribution in [-0.2, 0) is 0 Å². The molecule has 5 heteroatoms. The van der Waals surface area contributed by atoms with Gasteiger partial charge >= 0.3 is 0 Å². The minimum Gasteiger partial charge on any atom is -0.338 e. The molecule has 1 saturated heterocycles. The van der Waals surface area contributed by atoms with Gasteiger partial charge in [-0.3, -0.25) is 4.79 Å². The van der Waals surface area contributed by atoms with E-state index in [0.717, 1.165) is 21.5 Å². The fourth-order valence-electron chi connectivity index (χ4n) is 1.83. The molecule has 0 spiro atoms. The van der Waals surface area contributed by atoms with Crippen molar-refractivity contribution in [3.8, 4) is 0 Å². The molecular weight excluding hydrogens is 369 g/mol. The highest BCUT2D eigenvalue weighted by molar-refractivity contribution is 14.1. The van der Waals surface area contributed by atoms with Crippen LogP contribution in [-0.4, -0.2) is 35.4 Å². The van der Waals surface area contributed by atoms with E-state index in [4.69, 9.17) is 11.6 Å². The molecule has 1 aliphatic heterocycles. The Morgan fingerprint density at radius 3 is 2.94 bits per heavy atom. The lowest BCUT2D eigenvalue weighted by Gasteiger charge is -2.23. The number of benzene rings is 1.